The van der Waals surface area contributed by atoms with Gasteiger partial charge in [0, 0.05) is 31.7 Å². The van der Waals surface area contributed by atoms with Crippen molar-refractivity contribution in [3.8, 4) is 5.82 Å². The van der Waals surface area contributed by atoms with E-state index in [-0.39, 0.29) is 17.9 Å². The van der Waals surface area contributed by atoms with Crippen LogP contribution in [-0.2, 0) is 4.74 Å². The van der Waals surface area contributed by atoms with Crippen molar-refractivity contribution in [1.29, 1.82) is 0 Å². The van der Waals surface area contributed by atoms with Crippen LogP contribution >= 0.6 is 0 Å². The SMILES string of the molecule is C=CC(CF)N(C=C)C1CCC(CNc2nc(N3CCOCC3)cc(-n3c(C(F)F)nc4ccccc43)n2)CC1. The van der Waals surface area contributed by atoms with Crippen molar-refractivity contribution in [3.05, 3.63) is 61.6 Å². The third kappa shape index (κ3) is 5.94. The predicted octanol–water partition coefficient (Wildman–Crippen LogP) is 5.53. The standard InChI is InChI=1S/C29H36F3N7O/c1-3-21(18-30)38(4-2)22-11-9-20(10-12-22)19-33-29-35-25(37-13-15-40-16-14-37)17-26(36-29)39-24-8-6-5-7-23(24)34-28(39)27(31)32/h3-8,17,20-22,27H,1-2,9-16,18-19H2,(H,33,35,36). The number of hydrogen-bond acceptors (Lipinski definition) is 7. The molecule has 2 aromatic heterocycles. The first-order valence-corrected chi connectivity index (χ1v) is 13.8. The number of benzene rings is 1. The average Bonchev–Trinajstić information content (AvgIpc) is 3.40. The lowest BCUT2D eigenvalue weighted by atomic mass is 9.85. The minimum absolute atomic E-state index is 0.224. The fraction of sp³-hybridized carbons (Fsp3) is 0.483. The number of imidazole rings is 1. The van der Waals surface area contributed by atoms with Gasteiger partial charge >= 0.3 is 0 Å². The number of morpholine rings is 1. The first kappa shape index (κ1) is 27.9. The normalized spacial score (nSPS) is 20.4. The van der Waals surface area contributed by atoms with Gasteiger partial charge in [0.1, 0.15) is 18.3 Å². The lowest BCUT2D eigenvalue weighted by molar-refractivity contribution is 0.122. The highest BCUT2D eigenvalue weighted by Gasteiger charge is 2.28. The summed E-state index contributed by atoms with van der Waals surface area (Å²) in [6, 6.07) is 8.67. The highest BCUT2D eigenvalue weighted by atomic mass is 19.3. The van der Waals surface area contributed by atoms with Crippen molar-refractivity contribution in [2.24, 2.45) is 5.92 Å². The molecule has 2 aliphatic rings. The Balaban J connectivity index is 1.37. The zero-order valence-corrected chi connectivity index (χ0v) is 22.6. The van der Waals surface area contributed by atoms with Gasteiger partial charge in [-0.3, -0.25) is 4.57 Å². The largest absolute Gasteiger partial charge is 0.378 e. The van der Waals surface area contributed by atoms with Crippen LogP contribution in [0.5, 0.6) is 0 Å². The smallest absolute Gasteiger partial charge is 0.296 e. The quantitative estimate of drug-likeness (QED) is 0.312. The van der Waals surface area contributed by atoms with Gasteiger partial charge in [-0.25, -0.2) is 18.2 Å². The van der Waals surface area contributed by atoms with Crippen molar-refractivity contribution in [1.82, 2.24) is 24.4 Å². The second-order valence-corrected chi connectivity index (χ2v) is 10.2. The summed E-state index contributed by atoms with van der Waals surface area (Å²) < 4.78 is 48.6. The van der Waals surface area contributed by atoms with Gasteiger partial charge < -0.3 is 19.9 Å². The summed E-state index contributed by atoms with van der Waals surface area (Å²) in [4.78, 5) is 17.7. The zero-order chi connectivity index (χ0) is 28.1. The van der Waals surface area contributed by atoms with Crippen LogP contribution in [0.3, 0.4) is 0 Å². The second kappa shape index (κ2) is 12.7. The Morgan fingerprint density at radius 2 is 1.77 bits per heavy atom. The summed E-state index contributed by atoms with van der Waals surface area (Å²) in [5.41, 5.74) is 1.04. The van der Waals surface area contributed by atoms with Gasteiger partial charge in [0.05, 0.1) is 30.3 Å². The highest BCUT2D eigenvalue weighted by molar-refractivity contribution is 5.78. The summed E-state index contributed by atoms with van der Waals surface area (Å²) in [6.45, 7) is 10.2. The summed E-state index contributed by atoms with van der Waals surface area (Å²) in [7, 11) is 0. The average molecular weight is 556 g/mol. The topological polar surface area (TPSA) is 71.3 Å². The van der Waals surface area contributed by atoms with Crippen LogP contribution < -0.4 is 10.2 Å². The van der Waals surface area contributed by atoms with E-state index >= 15 is 0 Å². The molecule has 1 saturated carbocycles. The number of anilines is 2. The summed E-state index contributed by atoms with van der Waals surface area (Å²) in [6.07, 6.45) is 4.33. The molecule has 40 heavy (non-hydrogen) atoms. The van der Waals surface area contributed by atoms with Crippen LogP contribution in [-0.4, -0.2) is 76.0 Å². The Hall–Kier alpha value is -3.60. The minimum Gasteiger partial charge on any atom is -0.378 e. The Morgan fingerprint density at radius 1 is 1.05 bits per heavy atom. The maximum Gasteiger partial charge on any atom is 0.296 e. The predicted molar refractivity (Wildman–Crippen MR) is 151 cm³/mol. The van der Waals surface area contributed by atoms with Gasteiger partial charge in [-0.2, -0.15) is 9.97 Å². The monoisotopic (exact) mass is 555 g/mol. The minimum atomic E-state index is -2.77. The van der Waals surface area contributed by atoms with Gasteiger partial charge in [-0.15, -0.1) is 6.58 Å². The van der Waals surface area contributed by atoms with E-state index < -0.39 is 13.1 Å². The first-order chi connectivity index (χ1) is 19.5. The van der Waals surface area contributed by atoms with E-state index in [1.165, 1.54) is 4.57 Å². The summed E-state index contributed by atoms with van der Waals surface area (Å²) in [5, 5.41) is 3.38. The van der Waals surface area contributed by atoms with Gasteiger partial charge in [-0.1, -0.05) is 24.8 Å². The molecule has 0 amide bonds. The lowest BCUT2D eigenvalue weighted by Crippen LogP contribution is -2.42. The number of ether oxygens (including phenoxy) is 1. The van der Waals surface area contributed by atoms with E-state index in [1.54, 1.807) is 42.6 Å². The van der Waals surface area contributed by atoms with Crippen LogP contribution in [0.2, 0.25) is 0 Å². The Kier molecular flexibility index (Phi) is 8.88. The Morgan fingerprint density at radius 3 is 2.45 bits per heavy atom. The maximum absolute atomic E-state index is 14.1. The highest BCUT2D eigenvalue weighted by Crippen LogP contribution is 2.31. The zero-order valence-electron chi connectivity index (χ0n) is 22.6. The van der Waals surface area contributed by atoms with Gasteiger partial charge in [0.15, 0.2) is 5.82 Å². The molecule has 1 aromatic carbocycles. The number of fused-ring (bicyclic) bond motifs is 1. The molecule has 214 valence electrons. The molecule has 0 radical (unpaired) electrons. The summed E-state index contributed by atoms with van der Waals surface area (Å²) in [5.74, 6) is 1.40. The van der Waals surface area contributed by atoms with Crippen LogP contribution in [0.1, 0.15) is 37.9 Å². The van der Waals surface area contributed by atoms with E-state index in [2.05, 4.69) is 33.3 Å². The van der Waals surface area contributed by atoms with E-state index in [1.807, 2.05) is 4.90 Å². The second-order valence-electron chi connectivity index (χ2n) is 10.2. The molecule has 1 N–H and O–H groups in total. The molecular weight excluding hydrogens is 519 g/mol. The molecule has 1 unspecified atom stereocenters. The van der Waals surface area contributed by atoms with Crippen LogP contribution in [0.4, 0.5) is 24.9 Å². The molecule has 1 saturated heterocycles. The molecule has 11 heteroatoms. The number of hydrogen-bond donors (Lipinski definition) is 1. The molecule has 3 aromatic rings. The fourth-order valence-corrected chi connectivity index (χ4v) is 5.70. The third-order valence-corrected chi connectivity index (χ3v) is 7.86. The molecule has 8 nitrogen and oxygen atoms in total. The van der Waals surface area contributed by atoms with Gasteiger partial charge in [0.2, 0.25) is 5.95 Å². The van der Waals surface area contributed by atoms with Gasteiger partial charge in [-0.05, 0) is 49.9 Å². The molecule has 1 aliphatic carbocycles. The first-order valence-electron chi connectivity index (χ1n) is 13.8. The molecule has 1 aliphatic heterocycles. The van der Waals surface area contributed by atoms with Crippen molar-refractivity contribution >= 4 is 22.8 Å². The molecule has 0 spiro atoms. The van der Waals surface area contributed by atoms with Crippen LogP contribution in [0.25, 0.3) is 16.9 Å². The molecule has 3 heterocycles. The number of rotatable bonds is 11. The van der Waals surface area contributed by atoms with E-state index in [0.717, 1.165) is 25.7 Å². The number of aromatic nitrogens is 4. The molecule has 0 bridgehead atoms. The van der Waals surface area contributed by atoms with Crippen molar-refractivity contribution in [3.63, 3.8) is 0 Å². The maximum atomic E-state index is 14.1. The molecule has 5 rings (SSSR count). The van der Waals surface area contributed by atoms with E-state index in [0.29, 0.717) is 67.4 Å². The van der Waals surface area contributed by atoms with Crippen molar-refractivity contribution in [2.75, 3.05) is 49.7 Å². The summed E-state index contributed by atoms with van der Waals surface area (Å²) >= 11 is 0. The van der Waals surface area contributed by atoms with Crippen LogP contribution in [0.15, 0.2) is 55.8 Å². The van der Waals surface area contributed by atoms with E-state index in [9.17, 15) is 13.2 Å². The molecule has 2 fully saturated rings. The number of nitrogens with zero attached hydrogens (tertiary/aromatic N) is 6. The number of alkyl halides is 3. The van der Waals surface area contributed by atoms with Gasteiger partial charge in [0.25, 0.3) is 6.43 Å². The molecular formula is C29H36F3N7O. The van der Waals surface area contributed by atoms with Crippen molar-refractivity contribution < 1.29 is 17.9 Å². The lowest BCUT2D eigenvalue weighted by Gasteiger charge is -2.39. The number of halogens is 3. The van der Waals surface area contributed by atoms with E-state index in [4.69, 9.17) is 9.72 Å². The molecule has 1 atom stereocenters. The van der Waals surface area contributed by atoms with Crippen LogP contribution in [0, 0.1) is 5.92 Å². The number of para-hydroxylation sites is 2. The number of nitrogens with one attached hydrogen (secondary N) is 1. The van der Waals surface area contributed by atoms with Crippen molar-refractivity contribution in [2.45, 2.75) is 44.2 Å². The Bertz CT molecular complexity index is 1300. The fourth-order valence-electron chi connectivity index (χ4n) is 5.70. The third-order valence-electron chi connectivity index (χ3n) is 7.86. The Labute approximate surface area is 232 Å².